The monoisotopic (exact) mass is 272 g/mol. The molecule has 1 heterocycles. The van der Waals surface area contributed by atoms with Crippen LogP contribution in [0.15, 0.2) is 29.8 Å². The second-order valence-electron chi connectivity index (χ2n) is 6.05. The molecule has 0 fully saturated rings. The van der Waals surface area contributed by atoms with Crippen molar-refractivity contribution >= 4 is 0 Å². The molecule has 1 N–H and O–H groups in total. The van der Waals surface area contributed by atoms with E-state index in [0.29, 0.717) is 0 Å². The van der Waals surface area contributed by atoms with E-state index in [0.717, 1.165) is 38.0 Å². The van der Waals surface area contributed by atoms with Crippen molar-refractivity contribution in [1.29, 1.82) is 0 Å². The average Bonchev–Trinajstić information content (AvgIpc) is 2.93. The smallest absolute Gasteiger partial charge is 0.122 e. The van der Waals surface area contributed by atoms with Crippen molar-refractivity contribution in [3.8, 4) is 5.75 Å². The quantitative estimate of drug-likeness (QED) is 0.826. The van der Waals surface area contributed by atoms with Gasteiger partial charge in [-0.2, -0.15) is 0 Å². The van der Waals surface area contributed by atoms with Crippen molar-refractivity contribution in [2.24, 2.45) is 0 Å². The number of hydrogen-bond acceptors (Lipinski definition) is 2. The van der Waals surface area contributed by atoms with Crippen molar-refractivity contribution in [1.82, 2.24) is 0 Å². The number of aliphatic hydroxyl groups excluding tert-OH is 1. The molecule has 2 heteroatoms. The van der Waals surface area contributed by atoms with Crippen LogP contribution in [-0.4, -0.2) is 17.8 Å². The Bertz CT molecular complexity index is 490. The lowest BCUT2D eigenvalue weighted by molar-refractivity contribution is 0.163. The molecule has 0 spiro atoms. The number of fused-ring (bicyclic) bond motifs is 1. The molecule has 0 saturated heterocycles. The first-order chi connectivity index (χ1) is 9.81. The summed E-state index contributed by atoms with van der Waals surface area (Å²) in [5.74, 6) is 1.04. The summed E-state index contributed by atoms with van der Waals surface area (Å²) in [7, 11) is 0. The molecular formula is C18H24O2. The molecule has 0 radical (unpaired) electrons. The fourth-order valence-corrected chi connectivity index (χ4v) is 3.22. The zero-order chi connectivity index (χ0) is 13.8. The van der Waals surface area contributed by atoms with Gasteiger partial charge in [0.25, 0.3) is 0 Å². The summed E-state index contributed by atoms with van der Waals surface area (Å²) in [6, 6.07) is 6.46. The molecular weight excluding hydrogens is 248 g/mol. The van der Waals surface area contributed by atoms with Gasteiger partial charge < -0.3 is 9.84 Å². The zero-order valence-electron chi connectivity index (χ0n) is 12.1. The third-order valence-corrected chi connectivity index (χ3v) is 4.40. The van der Waals surface area contributed by atoms with E-state index in [1.54, 1.807) is 0 Å². The van der Waals surface area contributed by atoms with Gasteiger partial charge in [0.1, 0.15) is 5.75 Å². The number of hydrogen-bond donors (Lipinski definition) is 1. The van der Waals surface area contributed by atoms with E-state index in [1.807, 2.05) is 0 Å². The van der Waals surface area contributed by atoms with Crippen LogP contribution in [0.2, 0.25) is 0 Å². The fraction of sp³-hybridized carbons (Fsp3) is 0.556. The van der Waals surface area contributed by atoms with E-state index in [-0.39, 0.29) is 6.10 Å². The van der Waals surface area contributed by atoms with E-state index >= 15 is 0 Å². The van der Waals surface area contributed by atoms with Gasteiger partial charge in [0.05, 0.1) is 12.7 Å². The van der Waals surface area contributed by atoms with Gasteiger partial charge >= 0.3 is 0 Å². The molecule has 2 nitrogen and oxygen atoms in total. The molecule has 1 aromatic rings. The van der Waals surface area contributed by atoms with Crippen LogP contribution in [0.5, 0.6) is 5.75 Å². The van der Waals surface area contributed by atoms with Crippen LogP contribution in [0.25, 0.3) is 0 Å². The number of benzene rings is 1. The Kier molecular flexibility index (Phi) is 4.41. The summed E-state index contributed by atoms with van der Waals surface area (Å²) in [5, 5.41) is 10.2. The molecule has 0 saturated carbocycles. The first-order valence-electron chi connectivity index (χ1n) is 7.92. The van der Waals surface area contributed by atoms with Crippen molar-refractivity contribution < 1.29 is 9.84 Å². The van der Waals surface area contributed by atoms with Crippen LogP contribution in [0.1, 0.15) is 49.7 Å². The highest BCUT2D eigenvalue weighted by Crippen LogP contribution is 2.27. The summed E-state index contributed by atoms with van der Waals surface area (Å²) in [6.07, 6.45) is 10.9. The van der Waals surface area contributed by atoms with E-state index in [1.165, 1.54) is 42.4 Å². The van der Waals surface area contributed by atoms with Crippen LogP contribution >= 0.6 is 0 Å². The van der Waals surface area contributed by atoms with Crippen molar-refractivity contribution in [3.05, 3.63) is 41.0 Å². The number of rotatable bonds is 5. The summed E-state index contributed by atoms with van der Waals surface area (Å²) >= 11 is 0. The van der Waals surface area contributed by atoms with Crippen molar-refractivity contribution in [2.45, 2.75) is 57.5 Å². The van der Waals surface area contributed by atoms with Gasteiger partial charge in [-0.3, -0.25) is 0 Å². The third-order valence-electron chi connectivity index (χ3n) is 4.40. The molecule has 1 aliphatic heterocycles. The Labute approximate surface area is 121 Å². The van der Waals surface area contributed by atoms with Crippen molar-refractivity contribution in [3.63, 3.8) is 0 Å². The maximum atomic E-state index is 10.2. The number of aliphatic hydroxyl groups is 1. The standard InChI is InChI=1S/C18H24O2/c19-17(13-14-4-2-1-3-5-14)8-6-15-7-9-18-16(12-15)10-11-20-18/h4,7,9,12,17,19H,1-3,5-6,8,10-11,13H2. The van der Waals surface area contributed by atoms with E-state index in [2.05, 4.69) is 24.3 Å². The maximum absolute atomic E-state index is 10.2. The van der Waals surface area contributed by atoms with Crippen LogP contribution in [0.4, 0.5) is 0 Å². The van der Waals surface area contributed by atoms with Gasteiger partial charge in [0, 0.05) is 6.42 Å². The zero-order valence-corrected chi connectivity index (χ0v) is 12.1. The number of allylic oxidation sites excluding steroid dienone is 1. The first-order valence-corrected chi connectivity index (χ1v) is 7.92. The largest absolute Gasteiger partial charge is 0.493 e. The van der Waals surface area contributed by atoms with Gasteiger partial charge in [0.15, 0.2) is 0 Å². The van der Waals surface area contributed by atoms with Gasteiger partial charge in [-0.05, 0) is 62.1 Å². The molecule has 1 aromatic carbocycles. The lowest BCUT2D eigenvalue weighted by Crippen LogP contribution is -2.10. The van der Waals surface area contributed by atoms with Gasteiger partial charge in [-0.15, -0.1) is 0 Å². The Hall–Kier alpha value is -1.28. The van der Waals surface area contributed by atoms with E-state index < -0.39 is 0 Å². The second kappa shape index (κ2) is 6.45. The predicted molar refractivity (Wildman–Crippen MR) is 81.1 cm³/mol. The van der Waals surface area contributed by atoms with Crippen LogP contribution in [-0.2, 0) is 12.8 Å². The number of aryl methyl sites for hydroxylation is 1. The summed E-state index contributed by atoms with van der Waals surface area (Å²) in [4.78, 5) is 0. The Balaban J connectivity index is 1.50. The molecule has 20 heavy (non-hydrogen) atoms. The van der Waals surface area contributed by atoms with Crippen LogP contribution < -0.4 is 4.74 Å². The molecule has 1 atom stereocenters. The SMILES string of the molecule is OC(CCc1ccc2c(c1)CCO2)CC1=CCCCC1. The Morgan fingerprint density at radius 3 is 3.00 bits per heavy atom. The summed E-state index contributed by atoms with van der Waals surface area (Å²) in [5.41, 5.74) is 4.11. The second-order valence-corrected chi connectivity index (χ2v) is 6.05. The maximum Gasteiger partial charge on any atom is 0.122 e. The minimum atomic E-state index is -0.191. The Morgan fingerprint density at radius 2 is 2.15 bits per heavy atom. The molecule has 108 valence electrons. The number of ether oxygens (including phenoxy) is 1. The predicted octanol–water partition coefficient (Wildman–Crippen LogP) is 3.81. The molecule has 1 unspecified atom stereocenters. The average molecular weight is 272 g/mol. The third kappa shape index (κ3) is 3.43. The molecule has 0 amide bonds. The summed E-state index contributed by atoms with van der Waals surface area (Å²) in [6.45, 7) is 0.815. The Morgan fingerprint density at radius 1 is 1.20 bits per heavy atom. The molecule has 2 aliphatic rings. The molecule has 0 aromatic heterocycles. The minimum absolute atomic E-state index is 0.191. The highest BCUT2D eigenvalue weighted by molar-refractivity contribution is 5.39. The van der Waals surface area contributed by atoms with Crippen LogP contribution in [0.3, 0.4) is 0 Å². The van der Waals surface area contributed by atoms with Gasteiger partial charge in [0.2, 0.25) is 0 Å². The van der Waals surface area contributed by atoms with Gasteiger partial charge in [-0.1, -0.05) is 23.8 Å². The summed E-state index contributed by atoms with van der Waals surface area (Å²) < 4.78 is 5.52. The lowest BCUT2D eigenvalue weighted by Gasteiger charge is -2.16. The lowest BCUT2D eigenvalue weighted by atomic mass is 9.93. The van der Waals surface area contributed by atoms with E-state index in [4.69, 9.17) is 4.74 Å². The molecule has 0 bridgehead atoms. The molecule has 1 aliphatic carbocycles. The van der Waals surface area contributed by atoms with E-state index in [9.17, 15) is 5.11 Å². The normalized spacial score (nSPS) is 19.1. The first kappa shape index (κ1) is 13.7. The fourth-order valence-electron chi connectivity index (χ4n) is 3.22. The molecule has 3 rings (SSSR count). The van der Waals surface area contributed by atoms with Crippen molar-refractivity contribution in [2.75, 3.05) is 6.61 Å². The highest BCUT2D eigenvalue weighted by Gasteiger charge is 2.13. The topological polar surface area (TPSA) is 29.5 Å². The van der Waals surface area contributed by atoms with Gasteiger partial charge in [-0.25, -0.2) is 0 Å². The highest BCUT2D eigenvalue weighted by atomic mass is 16.5. The van der Waals surface area contributed by atoms with Crippen LogP contribution in [0, 0.1) is 0 Å². The minimum Gasteiger partial charge on any atom is -0.493 e.